The van der Waals surface area contributed by atoms with Gasteiger partial charge in [0, 0.05) is 5.56 Å². The summed E-state index contributed by atoms with van der Waals surface area (Å²) in [4.78, 5) is 5.21. The van der Waals surface area contributed by atoms with Crippen molar-refractivity contribution in [3.05, 3.63) is 63.0 Å². The van der Waals surface area contributed by atoms with Crippen molar-refractivity contribution in [2.75, 3.05) is 5.32 Å². The third-order valence-corrected chi connectivity index (χ3v) is 5.36. The molecule has 1 aromatic carbocycles. The quantitative estimate of drug-likeness (QED) is 0.655. The summed E-state index contributed by atoms with van der Waals surface area (Å²) < 4.78 is 32.8. The predicted octanol–water partition coefficient (Wildman–Crippen LogP) is 4.76. The first-order chi connectivity index (χ1) is 12.1. The summed E-state index contributed by atoms with van der Waals surface area (Å²) in [6.07, 6.45) is 3.35. The molecule has 0 radical (unpaired) electrons. The Balaban J connectivity index is 1.81. The van der Waals surface area contributed by atoms with Crippen molar-refractivity contribution < 1.29 is 13.5 Å². The Morgan fingerprint density at radius 3 is 2.84 bits per heavy atom. The number of aromatic nitrogens is 3. The normalized spacial score (nSPS) is 16.3. The highest BCUT2D eigenvalue weighted by atomic mass is 79.9. The molecule has 0 aliphatic carbocycles. The number of halogens is 3. The zero-order valence-electron chi connectivity index (χ0n) is 12.6. The van der Waals surface area contributed by atoms with Gasteiger partial charge in [0.05, 0.1) is 14.4 Å². The number of fused-ring (bicyclic) bond motifs is 1. The molecule has 0 bridgehead atoms. The number of allylic oxidation sites excluding steroid dienone is 1. The fourth-order valence-electron chi connectivity index (χ4n) is 2.69. The molecule has 2 aromatic heterocycles. The number of ether oxygens (including phenoxy) is 1. The molecule has 0 spiro atoms. The van der Waals surface area contributed by atoms with E-state index in [1.807, 2.05) is 18.2 Å². The van der Waals surface area contributed by atoms with Crippen LogP contribution in [0.3, 0.4) is 0 Å². The maximum atomic E-state index is 12.8. The molecule has 1 atom stereocenters. The number of rotatable bonds is 4. The summed E-state index contributed by atoms with van der Waals surface area (Å²) in [6, 6.07) is 10.2. The molecule has 3 heterocycles. The topological polar surface area (TPSA) is 52.0 Å². The van der Waals surface area contributed by atoms with E-state index in [9.17, 15) is 8.78 Å². The summed E-state index contributed by atoms with van der Waals surface area (Å²) in [7, 11) is 0. The standard InChI is InChI=1S/C16H11BrF2N4OS/c17-14-6-5-13(25-14)10-7-11(23-16(22-10)20-8-21-23)9-3-1-2-4-12(9)24-15(18)19/h1-8,11,15H,(H,20,21,22)/t11-/m0/s1. The molecule has 25 heavy (non-hydrogen) atoms. The fourth-order valence-corrected chi connectivity index (χ4v) is 4.05. The van der Waals surface area contributed by atoms with Crippen LogP contribution in [0.15, 0.2) is 52.6 Å². The maximum absolute atomic E-state index is 12.8. The Morgan fingerprint density at radius 1 is 1.24 bits per heavy atom. The Hall–Kier alpha value is -2.26. The first kappa shape index (κ1) is 16.2. The highest BCUT2D eigenvalue weighted by Gasteiger charge is 2.26. The van der Waals surface area contributed by atoms with Crippen molar-refractivity contribution in [3.63, 3.8) is 0 Å². The largest absolute Gasteiger partial charge is 0.434 e. The van der Waals surface area contributed by atoms with Crippen molar-refractivity contribution in [3.8, 4) is 5.75 Å². The number of thiophene rings is 1. The van der Waals surface area contributed by atoms with Gasteiger partial charge in [-0.2, -0.15) is 18.9 Å². The van der Waals surface area contributed by atoms with E-state index in [-0.39, 0.29) is 5.75 Å². The lowest BCUT2D eigenvalue weighted by Crippen LogP contribution is -2.20. The van der Waals surface area contributed by atoms with Crippen LogP contribution in [0.5, 0.6) is 5.75 Å². The third-order valence-electron chi connectivity index (χ3n) is 3.70. The number of nitrogens with one attached hydrogen (secondary N) is 1. The molecule has 4 rings (SSSR count). The van der Waals surface area contributed by atoms with Gasteiger partial charge in [0.15, 0.2) is 0 Å². The third kappa shape index (κ3) is 3.16. The summed E-state index contributed by atoms with van der Waals surface area (Å²) in [5.41, 5.74) is 1.43. The number of nitrogens with zero attached hydrogens (tertiary/aromatic N) is 3. The maximum Gasteiger partial charge on any atom is 0.387 e. The molecule has 9 heteroatoms. The molecule has 128 valence electrons. The fraction of sp³-hybridized carbons (Fsp3) is 0.125. The van der Waals surface area contributed by atoms with Gasteiger partial charge in [-0.15, -0.1) is 11.3 Å². The van der Waals surface area contributed by atoms with Crippen molar-refractivity contribution >= 4 is 38.9 Å². The van der Waals surface area contributed by atoms with Crippen LogP contribution in [0, 0.1) is 0 Å². The summed E-state index contributed by atoms with van der Waals surface area (Å²) in [5, 5.41) is 7.44. The van der Waals surface area contributed by atoms with Gasteiger partial charge in [-0.3, -0.25) is 0 Å². The van der Waals surface area contributed by atoms with Gasteiger partial charge >= 0.3 is 6.61 Å². The summed E-state index contributed by atoms with van der Waals surface area (Å²) >= 11 is 5.01. The number of hydrogen-bond acceptors (Lipinski definition) is 5. The lowest BCUT2D eigenvalue weighted by molar-refractivity contribution is -0.0506. The van der Waals surface area contributed by atoms with Gasteiger partial charge in [-0.25, -0.2) is 4.68 Å². The molecular weight excluding hydrogens is 414 g/mol. The van der Waals surface area contributed by atoms with E-state index in [2.05, 4.69) is 36.1 Å². The Labute approximate surface area is 154 Å². The van der Waals surface area contributed by atoms with Crippen molar-refractivity contribution in [2.45, 2.75) is 12.7 Å². The van der Waals surface area contributed by atoms with E-state index in [0.29, 0.717) is 11.5 Å². The second kappa shape index (κ2) is 6.57. The lowest BCUT2D eigenvalue weighted by atomic mass is 10.0. The molecule has 3 aromatic rings. The minimum absolute atomic E-state index is 0.119. The van der Waals surface area contributed by atoms with Crippen LogP contribution in [-0.4, -0.2) is 21.4 Å². The minimum Gasteiger partial charge on any atom is -0.434 e. The molecule has 0 saturated carbocycles. The van der Waals surface area contributed by atoms with Crippen LogP contribution >= 0.6 is 27.3 Å². The molecule has 1 aliphatic rings. The zero-order valence-corrected chi connectivity index (χ0v) is 15.0. The minimum atomic E-state index is -2.89. The molecule has 1 aliphatic heterocycles. The van der Waals surface area contributed by atoms with Crippen LogP contribution in [0.4, 0.5) is 14.7 Å². The zero-order chi connectivity index (χ0) is 17.4. The predicted molar refractivity (Wildman–Crippen MR) is 94.9 cm³/mol. The van der Waals surface area contributed by atoms with E-state index in [0.717, 1.165) is 14.4 Å². The molecule has 5 nitrogen and oxygen atoms in total. The van der Waals surface area contributed by atoms with Gasteiger partial charge in [0.1, 0.15) is 18.1 Å². The number of benzene rings is 1. The molecule has 0 unspecified atom stereocenters. The van der Waals surface area contributed by atoms with E-state index in [1.165, 1.54) is 12.4 Å². The average Bonchev–Trinajstić information content (AvgIpc) is 3.22. The highest BCUT2D eigenvalue weighted by molar-refractivity contribution is 9.11. The van der Waals surface area contributed by atoms with E-state index in [1.54, 1.807) is 34.2 Å². The van der Waals surface area contributed by atoms with Gasteiger partial charge in [0.25, 0.3) is 0 Å². The number of hydrogen-bond donors (Lipinski definition) is 1. The monoisotopic (exact) mass is 424 g/mol. The number of para-hydroxylation sites is 1. The SMILES string of the molecule is FC(F)Oc1ccccc1[C@@H]1C=C(c2ccc(Br)s2)Nc2ncnn21. The van der Waals surface area contributed by atoms with E-state index < -0.39 is 12.7 Å². The molecule has 0 saturated heterocycles. The average molecular weight is 425 g/mol. The number of anilines is 1. The lowest BCUT2D eigenvalue weighted by Gasteiger charge is -2.25. The van der Waals surface area contributed by atoms with E-state index in [4.69, 9.17) is 0 Å². The van der Waals surface area contributed by atoms with Gasteiger partial charge in [-0.1, -0.05) is 18.2 Å². The van der Waals surface area contributed by atoms with Crippen LogP contribution < -0.4 is 10.1 Å². The second-order valence-electron chi connectivity index (χ2n) is 5.20. The van der Waals surface area contributed by atoms with Crippen LogP contribution in [0.25, 0.3) is 5.70 Å². The first-order valence-electron chi connectivity index (χ1n) is 7.29. The van der Waals surface area contributed by atoms with Crippen molar-refractivity contribution in [1.29, 1.82) is 0 Å². The molecule has 0 amide bonds. The second-order valence-corrected chi connectivity index (χ2v) is 7.66. The first-order valence-corrected chi connectivity index (χ1v) is 8.90. The molecule has 0 fully saturated rings. The van der Waals surface area contributed by atoms with Crippen molar-refractivity contribution in [2.24, 2.45) is 0 Å². The van der Waals surface area contributed by atoms with Crippen LogP contribution in [0.1, 0.15) is 16.5 Å². The van der Waals surface area contributed by atoms with Gasteiger partial charge < -0.3 is 10.1 Å². The van der Waals surface area contributed by atoms with Gasteiger partial charge in [-0.05, 0) is 40.2 Å². The highest BCUT2D eigenvalue weighted by Crippen LogP contribution is 2.38. The summed E-state index contributed by atoms with van der Waals surface area (Å²) in [5.74, 6) is 0.660. The van der Waals surface area contributed by atoms with E-state index >= 15 is 0 Å². The molecular formula is C16H11BrF2N4OS. The number of alkyl halides is 2. The van der Waals surface area contributed by atoms with Gasteiger partial charge in [0.2, 0.25) is 5.95 Å². The molecule has 1 N–H and O–H groups in total. The summed E-state index contributed by atoms with van der Waals surface area (Å²) in [6.45, 7) is -2.89. The van der Waals surface area contributed by atoms with Crippen LogP contribution in [-0.2, 0) is 0 Å². The Bertz CT molecular complexity index is 940. The smallest absolute Gasteiger partial charge is 0.387 e. The van der Waals surface area contributed by atoms with Crippen molar-refractivity contribution in [1.82, 2.24) is 14.8 Å². The van der Waals surface area contributed by atoms with Crippen LogP contribution in [0.2, 0.25) is 0 Å². The Kier molecular flexibility index (Phi) is 4.26. The Morgan fingerprint density at radius 2 is 2.08 bits per heavy atom.